The summed E-state index contributed by atoms with van der Waals surface area (Å²) in [5.41, 5.74) is 1.21. The van der Waals surface area contributed by atoms with Gasteiger partial charge in [-0.25, -0.2) is 4.79 Å². The van der Waals surface area contributed by atoms with E-state index in [4.69, 9.17) is 4.74 Å². The lowest BCUT2D eigenvalue weighted by atomic mass is 10.2. The van der Waals surface area contributed by atoms with Crippen molar-refractivity contribution in [2.24, 2.45) is 0 Å². The Morgan fingerprint density at radius 3 is 2.46 bits per heavy atom. The molecule has 2 rings (SSSR count). The van der Waals surface area contributed by atoms with Gasteiger partial charge in [0.2, 0.25) is 0 Å². The van der Waals surface area contributed by atoms with Crippen molar-refractivity contribution in [3.8, 4) is 0 Å². The van der Waals surface area contributed by atoms with Crippen LogP contribution >= 0.6 is 0 Å². The maximum atomic E-state index is 13.2. The summed E-state index contributed by atoms with van der Waals surface area (Å²) < 4.78 is 5.33. The Kier molecular flexibility index (Phi) is 6.13. The number of ether oxygens (including phenoxy) is 1. The number of benzene rings is 1. The fourth-order valence-electron chi connectivity index (χ4n) is 2.86. The van der Waals surface area contributed by atoms with E-state index < -0.39 is 17.7 Å². The molecule has 1 aliphatic rings. The highest BCUT2D eigenvalue weighted by Gasteiger charge is 2.34. The highest BCUT2D eigenvalue weighted by molar-refractivity contribution is 6.03. The van der Waals surface area contributed by atoms with Crippen LogP contribution in [0.15, 0.2) is 24.3 Å². The van der Waals surface area contributed by atoms with Crippen molar-refractivity contribution in [3.05, 3.63) is 24.3 Å². The number of hydrogen-bond acceptors (Lipinski definition) is 5. The fourth-order valence-corrected chi connectivity index (χ4v) is 2.86. The Labute approximate surface area is 155 Å². The minimum Gasteiger partial charge on any atom is -0.444 e. The molecule has 26 heavy (non-hydrogen) atoms. The number of carbonyl (C=O) groups excluding carboxylic acids is 2. The van der Waals surface area contributed by atoms with Crippen LogP contribution in [0.1, 0.15) is 20.8 Å². The van der Waals surface area contributed by atoms with Crippen molar-refractivity contribution < 1.29 is 14.3 Å². The molecule has 7 heteroatoms. The minimum absolute atomic E-state index is 0.130. The van der Waals surface area contributed by atoms with Crippen molar-refractivity contribution in [2.75, 3.05) is 50.6 Å². The molecular weight excluding hydrogens is 332 g/mol. The first-order chi connectivity index (χ1) is 12.1. The second-order valence-electron chi connectivity index (χ2n) is 7.86. The summed E-state index contributed by atoms with van der Waals surface area (Å²) in [5.74, 6) is -0.130. The van der Waals surface area contributed by atoms with Crippen molar-refractivity contribution >= 4 is 23.4 Å². The average Bonchev–Trinajstić information content (AvgIpc) is 2.60. The number of nitrogens with one attached hydrogen (secondary N) is 1. The Morgan fingerprint density at radius 2 is 1.88 bits per heavy atom. The topological polar surface area (TPSA) is 65.1 Å². The van der Waals surface area contributed by atoms with Gasteiger partial charge in [-0.1, -0.05) is 12.1 Å². The first-order valence-corrected chi connectivity index (χ1v) is 8.84. The second-order valence-corrected chi connectivity index (χ2v) is 7.86. The van der Waals surface area contributed by atoms with Gasteiger partial charge < -0.3 is 24.8 Å². The van der Waals surface area contributed by atoms with Gasteiger partial charge in [0.25, 0.3) is 5.91 Å². The Hall–Kier alpha value is -2.28. The third kappa shape index (κ3) is 5.11. The van der Waals surface area contributed by atoms with E-state index in [1.165, 1.54) is 0 Å². The lowest BCUT2D eigenvalue weighted by Crippen LogP contribution is -2.53. The van der Waals surface area contributed by atoms with Crippen LogP contribution in [0, 0.1) is 0 Å². The lowest BCUT2D eigenvalue weighted by molar-refractivity contribution is -0.120. The fraction of sp³-hybridized carbons (Fsp3) is 0.579. The van der Waals surface area contributed by atoms with Crippen LogP contribution in [-0.2, 0) is 9.53 Å². The van der Waals surface area contributed by atoms with Crippen LogP contribution in [-0.4, -0.2) is 69.3 Å². The molecule has 1 heterocycles. The third-order valence-corrected chi connectivity index (χ3v) is 4.07. The van der Waals surface area contributed by atoms with E-state index in [2.05, 4.69) is 5.32 Å². The molecule has 1 N–H and O–H groups in total. The molecule has 2 amide bonds. The molecule has 1 atom stereocenters. The number of rotatable bonds is 4. The summed E-state index contributed by atoms with van der Waals surface area (Å²) in [4.78, 5) is 31.2. The molecule has 0 fully saturated rings. The van der Waals surface area contributed by atoms with Crippen molar-refractivity contribution in [3.63, 3.8) is 0 Å². The van der Waals surface area contributed by atoms with Crippen molar-refractivity contribution in [1.29, 1.82) is 0 Å². The summed E-state index contributed by atoms with van der Waals surface area (Å²) in [6.45, 7) is 7.05. The smallest absolute Gasteiger partial charge is 0.408 e. The Morgan fingerprint density at radius 1 is 1.27 bits per heavy atom. The van der Waals surface area contributed by atoms with E-state index in [1.54, 1.807) is 25.7 Å². The van der Waals surface area contributed by atoms with Crippen LogP contribution in [0.5, 0.6) is 0 Å². The number of likely N-dealkylation sites (N-methyl/N-ethyl adjacent to an activating group) is 2. The summed E-state index contributed by atoms with van der Waals surface area (Å²) in [7, 11) is 5.86. The van der Waals surface area contributed by atoms with Gasteiger partial charge in [0.1, 0.15) is 11.6 Å². The molecular formula is C19H30N4O3. The van der Waals surface area contributed by atoms with Gasteiger partial charge in [-0.05, 0) is 47.0 Å². The number of amides is 2. The second kappa shape index (κ2) is 7.95. The van der Waals surface area contributed by atoms with Crippen molar-refractivity contribution in [2.45, 2.75) is 32.4 Å². The normalized spacial score (nSPS) is 17.8. The van der Waals surface area contributed by atoms with Gasteiger partial charge >= 0.3 is 6.09 Å². The van der Waals surface area contributed by atoms with Gasteiger partial charge in [-0.2, -0.15) is 0 Å². The van der Waals surface area contributed by atoms with Gasteiger partial charge in [0.05, 0.1) is 11.4 Å². The number of hydrogen-bond donors (Lipinski definition) is 1. The number of carbonyl (C=O) groups is 2. The molecule has 0 spiro atoms. The molecule has 0 radical (unpaired) electrons. The summed E-state index contributed by atoms with van der Waals surface area (Å²) >= 11 is 0. The highest BCUT2D eigenvalue weighted by atomic mass is 16.6. The number of fused-ring (bicyclic) bond motifs is 1. The van der Waals surface area contributed by atoms with Crippen LogP contribution in [0.4, 0.5) is 16.2 Å². The van der Waals surface area contributed by atoms with Crippen LogP contribution in [0.3, 0.4) is 0 Å². The molecule has 7 nitrogen and oxygen atoms in total. The summed E-state index contributed by atoms with van der Waals surface area (Å²) in [5, 5.41) is 2.74. The van der Waals surface area contributed by atoms with Gasteiger partial charge in [0.15, 0.2) is 0 Å². The molecule has 0 saturated heterocycles. The van der Waals surface area contributed by atoms with Gasteiger partial charge in [-0.15, -0.1) is 0 Å². The third-order valence-electron chi connectivity index (χ3n) is 4.07. The van der Waals surface area contributed by atoms with Gasteiger partial charge in [-0.3, -0.25) is 4.79 Å². The van der Waals surface area contributed by atoms with E-state index in [0.717, 1.165) is 17.9 Å². The van der Waals surface area contributed by atoms with Crippen LogP contribution in [0.2, 0.25) is 0 Å². The number of alkyl carbamates (subject to hydrolysis) is 1. The predicted molar refractivity (Wildman–Crippen MR) is 104 cm³/mol. The molecule has 0 saturated carbocycles. The lowest BCUT2D eigenvalue weighted by Gasteiger charge is -2.27. The zero-order valence-electron chi connectivity index (χ0n) is 16.6. The minimum atomic E-state index is -0.676. The van der Waals surface area contributed by atoms with E-state index in [1.807, 2.05) is 55.2 Å². The summed E-state index contributed by atoms with van der Waals surface area (Å²) in [6.07, 6.45) is -0.581. The zero-order chi connectivity index (χ0) is 19.5. The molecule has 0 aromatic heterocycles. The molecule has 0 aliphatic carbocycles. The molecule has 1 aliphatic heterocycles. The standard InChI is InChI=1S/C19H30N4O3/c1-19(2,3)26-18(25)20-14-13-22(6)15-9-7-8-10-16(15)23(17(14)24)12-11-21(4)5/h7-10,14H,11-13H2,1-6H3,(H,20,25). The quantitative estimate of drug-likeness (QED) is 0.887. The van der Waals surface area contributed by atoms with E-state index in [-0.39, 0.29) is 5.91 Å². The SMILES string of the molecule is CN(C)CCN1C(=O)C(NC(=O)OC(C)(C)C)CN(C)c2ccccc21. The maximum absolute atomic E-state index is 13.2. The largest absolute Gasteiger partial charge is 0.444 e. The molecule has 144 valence electrons. The first kappa shape index (κ1) is 20.0. The molecule has 0 bridgehead atoms. The first-order valence-electron chi connectivity index (χ1n) is 8.84. The Balaban J connectivity index is 2.27. The predicted octanol–water partition coefficient (Wildman–Crippen LogP) is 1.92. The van der Waals surface area contributed by atoms with E-state index >= 15 is 0 Å². The van der Waals surface area contributed by atoms with Crippen LogP contribution < -0.4 is 15.1 Å². The Bertz CT molecular complexity index is 654. The summed E-state index contributed by atoms with van der Waals surface area (Å²) in [6, 6.07) is 7.12. The van der Waals surface area contributed by atoms with E-state index in [9.17, 15) is 9.59 Å². The van der Waals surface area contributed by atoms with Gasteiger partial charge in [0, 0.05) is 26.7 Å². The highest BCUT2D eigenvalue weighted by Crippen LogP contribution is 2.31. The van der Waals surface area contributed by atoms with E-state index in [0.29, 0.717) is 13.1 Å². The number of nitrogens with zero attached hydrogens (tertiary/aromatic N) is 3. The zero-order valence-corrected chi connectivity index (χ0v) is 16.6. The number of anilines is 2. The number of para-hydroxylation sites is 2. The average molecular weight is 362 g/mol. The van der Waals surface area contributed by atoms with Crippen LogP contribution in [0.25, 0.3) is 0 Å². The maximum Gasteiger partial charge on any atom is 0.408 e. The molecule has 1 unspecified atom stereocenters. The van der Waals surface area contributed by atoms with Crippen molar-refractivity contribution in [1.82, 2.24) is 10.2 Å². The molecule has 1 aromatic carbocycles. The molecule has 1 aromatic rings. The monoisotopic (exact) mass is 362 g/mol.